The second kappa shape index (κ2) is 5.27. The van der Waals surface area contributed by atoms with Crippen LogP contribution in [0.1, 0.15) is 53.4 Å². The van der Waals surface area contributed by atoms with Gasteiger partial charge in [0.15, 0.2) is 0 Å². The molecule has 0 spiro atoms. The third-order valence-electron chi connectivity index (χ3n) is 4.77. The Balaban J connectivity index is 1.76. The molecule has 2 nitrogen and oxygen atoms in total. The number of nitrogens with zero attached hydrogens (tertiary/aromatic N) is 1. The maximum Gasteiger partial charge on any atom is 0.0127 e. The minimum Gasteiger partial charge on any atom is -0.311 e. The van der Waals surface area contributed by atoms with Gasteiger partial charge in [-0.15, -0.1) is 0 Å². The molecule has 1 aliphatic heterocycles. The molecule has 0 aromatic heterocycles. The van der Waals surface area contributed by atoms with Crippen molar-refractivity contribution < 1.29 is 0 Å². The average Bonchev–Trinajstić information content (AvgIpc) is 2.87. The second-order valence-corrected chi connectivity index (χ2v) is 6.90. The van der Waals surface area contributed by atoms with Gasteiger partial charge in [0.1, 0.15) is 0 Å². The summed E-state index contributed by atoms with van der Waals surface area (Å²) >= 11 is 0. The molecule has 1 saturated carbocycles. The fourth-order valence-corrected chi connectivity index (χ4v) is 3.22. The molecule has 100 valence electrons. The summed E-state index contributed by atoms with van der Waals surface area (Å²) < 4.78 is 0. The fraction of sp³-hybridized carbons (Fsp3) is 1.00. The van der Waals surface area contributed by atoms with E-state index in [4.69, 9.17) is 0 Å². The molecular weight excluding hydrogens is 208 g/mol. The summed E-state index contributed by atoms with van der Waals surface area (Å²) in [6.45, 7) is 13.4. The molecule has 1 saturated heterocycles. The molecule has 3 atom stereocenters. The van der Waals surface area contributed by atoms with Crippen molar-refractivity contribution in [3.8, 4) is 0 Å². The summed E-state index contributed by atoms with van der Waals surface area (Å²) in [5, 5.41) is 3.85. The van der Waals surface area contributed by atoms with E-state index < -0.39 is 0 Å². The standard InChI is InChI=1S/C15H30N2/c1-5-8-17-9-6-7-13(11-17)12(2)16-14-10-15(14,3)4/h12-14,16H,5-11H2,1-4H3. The molecule has 0 amide bonds. The zero-order valence-corrected chi connectivity index (χ0v) is 12.1. The minimum atomic E-state index is 0.562. The Morgan fingerprint density at radius 2 is 2.12 bits per heavy atom. The van der Waals surface area contributed by atoms with Gasteiger partial charge in [0.05, 0.1) is 0 Å². The van der Waals surface area contributed by atoms with E-state index in [2.05, 4.69) is 37.9 Å². The van der Waals surface area contributed by atoms with Crippen LogP contribution in [0.15, 0.2) is 0 Å². The lowest BCUT2D eigenvalue weighted by atomic mass is 9.91. The molecular formula is C15H30N2. The van der Waals surface area contributed by atoms with Gasteiger partial charge in [-0.25, -0.2) is 0 Å². The van der Waals surface area contributed by atoms with Gasteiger partial charge in [0.2, 0.25) is 0 Å². The van der Waals surface area contributed by atoms with Crippen LogP contribution in [0, 0.1) is 11.3 Å². The van der Waals surface area contributed by atoms with E-state index in [9.17, 15) is 0 Å². The van der Waals surface area contributed by atoms with E-state index in [-0.39, 0.29) is 0 Å². The summed E-state index contributed by atoms with van der Waals surface area (Å²) in [4.78, 5) is 2.66. The maximum absolute atomic E-state index is 3.85. The van der Waals surface area contributed by atoms with Crippen LogP contribution in [0.2, 0.25) is 0 Å². The van der Waals surface area contributed by atoms with Crippen molar-refractivity contribution in [3.63, 3.8) is 0 Å². The van der Waals surface area contributed by atoms with Crippen LogP contribution >= 0.6 is 0 Å². The van der Waals surface area contributed by atoms with Crippen LogP contribution in [0.4, 0.5) is 0 Å². The van der Waals surface area contributed by atoms with E-state index >= 15 is 0 Å². The van der Waals surface area contributed by atoms with E-state index in [1.165, 1.54) is 45.3 Å². The molecule has 0 radical (unpaired) electrons. The van der Waals surface area contributed by atoms with Crippen LogP contribution in [0.25, 0.3) is 0 Å². The molecule has 0 bridgehead atoms. The van der Waals surface area contributed by atoms with Crippen molar-refractivity contribution >= 4 is 0 Å². The Labute approximate surface area is 107 Å². The van der Waals surface area contributed by atoms with Crippen molar-refractivity contribution in [3.05, 3.63) is 0 Å². The van der Waals surface area contributed by atoms with Gasteiger partial charge in [-0.2, -0.15) is 0 Å². The zero-order chi connectivity index (χ0) is 12.5. The third-order valence-corrected chi connectivity index (χ3v) is 4.77. The summed E-state index contributed by atoms with van der Waals surface area (Å²) in [5.41, 5.74) is 0.562. The van der Waals surface area contributed by atoms with Gasteiger partial charge >= 0.3 is 0 Å². The summed E-state index contributed by atoms with van der Waals surface area (Å²) in [7, 11) is 0. The van der Waals surface area contributed by atoms with E-state index in [1.807, 2.05) is 0 Å². The number of hydrogen-bond acceptors (Lipinski definition) is 2. The number of nitrogens with one attached hydrogen (secondary N) is 1. The lowest BCUT2D eigenvalue weighted by Crippen LogP contribution is -2.45. The highest BCUT2D eigenvalue weighted by Gasteiger charge is 2.46. The first-order chi connectivity index (χ1) is 8.03. The molecule has 2 rings (SSSR count). The van der Waals surface area contributed by atoms with Gasteiger partial charge in [-0.3, -0.25) is 0 Å². The summed E-state index contributed by atoms with van der Waals surface area (Å²) in [6, 6.07) is 1.47. The third kappa shape index (κ3) is 3.45. The number of hydrogen-bond donors (Lipinski definition) is 1. The molecule has 17 heavy (non-hydrogen) atoms. The van der Waals surface area contributed by atoms with Crippen LogP contribution in [-0.2, 0) is 0 Å². The Morgan fingerprint density at radius 1 is 1.41 bits per heavy atom. The van der Waals surface area contributed by atoms with Crippen molar-refractivity contribution in [2.45, 2.75) is 65.5 Å². The molecule has 1 heterocycles. The van der Waals surface area contributed by atoms with Gasteiger partial charge in [-0.05, 0) is 57.0 Å². The quantitative estimate of drug-likeness (QED) is 0.792. The highest BCUT2D eigenvalue weighted by atomic mass is 15.1. The van der Waals surface area contributed by atoms with Crippen molar-refractivity contribution in [2.24, 2.45) is 11.3 Å². The first-order valence-electron chi connectivity index (χ1n) is 7.51. The number of likely N-dealkylation sites (tertiary alicyclic amines) is 1. The summed E-state index contributed by atoms with van der Waals surface area (Å²) in [5.74, 6) is 0.867. The second-order valence-electron chi connectivity index (χ2n) is 6.90. The van der Waals surface area contributed by atoms with Crippen LogP contribution in [-0.4, -0.2) is 36.6 Å². The van der Waals surface area contributed by atoms with Gasteiger partial charge < -0.3 is 10.2 Å². The average molecular weight is 238 g/mol. The van der Waals surface area contributed by atoms with Gasteiger partial charge in [-0.1, -0.05) is 20.8 Å². The van der Waals surface area contributed by atoms with Crippen molar-refractivity contribution in [1.29, 1.82) is 0 Å². The lowest BCUT2D eigenvalue weighted by molar-refractivity contribution is 0.149. The molecule has 1 aliphatic carbocycles. The van der Waals surface area contributed by atoms with Crippen molar-refractivity contribution in [1.82, 2.24) is 10.2 Å². The Kier molecular flexibility index (Phi) is 4.14. The normalized spacial score (nSPS) is 34.6. The topological polar surface area (TPSA) is 15.3 Å². The molecule has 0 aromatic carbocycles. The van der Waals surface area contributed by atoms with E-state index in [0.29, 0.717) is 11.5 Å². The minimum absolute atomic E-state index is 0.562. The molecule has 1 N–H and O–H groups in total. The molecule has 0 aromatic rings. The number of piperidine rings is 1. The molecule has 2 heteroatoms. The molecule has 2 aliphatic rings. The zero-order valence-electron chi connectivity index (χ0n) is 12.1. The smallest absolute Gasteiger partial charge is 0.0127 e. The van der Waals surface area contributed by atoms with Crippen LogP contribution in [0.5, 0.6) is 0 Å². The first-order valence-corrected chi connectivity index (χ1v) is 7.51. The largest absolute Gasteiger partial charge is 0.311 e. The monoisotopic (exact) mass is 238 g/mol. The first kappa shape index (κ1) is 13.4. The highest BCUT2D eigenvalue weighted by molar-refractivity contribution is 5.03. The molecule has 2 fully saturated rings. The van der Waals surface area contributed by atoms with Gasteiger partial charge in [0, 0.05) is 18.6 Å². The lowest BCUT2D eigenvalue weighted by Gasteiger charge is -2.36. The number of rotatable bonds is 5. The summed E-state index contributed by atoms with van der Waals surface area (Å²) in [6.07, 6.45) is 5.47. The SMILES string of the molecule is CCCN1CCCC(C(C)NC2CC2(C)C)C1. The Morgan fingerprint density at radius 3 is 2.71 bits per heavy atom. The highest BCUT2D eigenvalue weighted by Crippen LogP contribution is 2.45. The van der Waals surface area contributed by atoms with E-state index in [1.54, 1.807) is 0 Å². The molecule has 3 unspecified atom stereocenters. The van der Waals surface area contributed by atoms with Crippen LogP contribution in [0.3, 0.4) is 0 Å². The maximum atomic E-state index is 3.85. The van der Waals surface area contributed by atoms with Crippen LogP contribution < -0.4 is 5.32 Å². The van der Waals surface area contributed by atoms with Crippen molar-refractivity contribution in [2.75, 3.05) is 19.6 Å². The predicted octanol–water partition coefficient (Wildman–Crippen LogP) is 2.89. The van der Waals surface area contributed by atoms with Gasteiger partial charge in [0.25, 0.3) is 0 Å². The van der Waals surface area contributed by atoms with E-state index in [0.717, 1.165) is 12.0 Å². The fourth-order valence-electron chi connectivity index (χ4n) is 3.22. The Bertz CT molecular complexity index is 247. The predicted molar refractivity (Wildman–Crippen MR) is 74.2 cm³/mol. The Hall–Kier alpha value is -0.0800.